The lowest BCUT2D eigenvalue weighted by Crippen LogP contribution is -2.21. The van der Waals surface area contributed by atoms with E-state index in [1.54, 1.807) is 12.1 Å². The highest BCUT2D eigenvalue weighted by Crippen LogP contribution is 2.25. The van der Waals surface area contributed by atoms with Crippen molar-refractivity contribution in [3.63, 3.8) is 0 Å². The zero-order valence-electron chi connectivity index (χ0n) is 16.0. The molecule has 0 saturated heterocycles. The monoisotopic (exact) mass is 376 g/mol. The van der Waals surface area contributed by atoms with Crippen molar-refractivity contribution in [3.05, 3.63) is 24.4 Å². The molecule has 9 nitrogen and oxygen atoms in total. The smallest absolute Gasteiger partial charge is 0.480 e. The van der Waals surface area contributed by atoms with Gasteiger partial charge in [0.15, 0.2) is 0 Å². The number of alkyl halides is 3. The Kier molecular flexibility index (Phi) is 5.31. The van der Waals surface area contributed by atoms with Crippen molar-refractivity contribution >= 4 is 23.4 Å². The van der Waals surface area contributed by atoms with E-state index in [9.17, 15) is 18.0 Å². The molecule has 12 heteroatoms. The van der Waals surface area contributed by atoms with E-state index in [1.165, 1.54) is 19.4 Å². The summed E-state index contributed by atoms with van der Waals surface area (Å²) in [6, 6.07) is 4.62. The molecule has 0 aliphatic heterocycles. The minimum Gasteiger partial charge on any atom is -0.480 e. The number of ether oxygens (including phenoxy) is 1. The molecule has 0 unspecified atom stereocenters. The average molecular weight is 376 g/mol. The number of amides is 1. The number of aliphatic carboxylic acids is 1. The molecular weight excluding hydrogens is 359 g/mol. The van der Waals surface area contributed by atoms with Gasteiger partial charge >= 0.3 is 12.1 Å². The number of hydrogen-bond donors (Lipinski definition) is 3. The van der Waals surface area contributed by atoms with Crippen molar-refractivity contribution in [3.8, 4) is 17.1 Å². The van der Waals surface area contributed by atoms with Crippen LogP contribution in [0.1, 0.15) is 11.0 Å². The van der Waals surface area contributed by atoms with Crippen molar-refractivity contribution in [2.24, 2.45) is 0 Å². The average Bonchev–Trinajstić information content (AvgIpc) is 2.61. The van der Waals surface area contributed by atoms with E-state index < -0.39 is 24.9 Å². The number of hydrogen-bond acceptors (Lipinski definition) is 7. The molecule has 0 atom stereocenters. The van der Waals surface area contributed by atoms with Gasteiger partial charge in [-0.05, 0) is 6.07 Å². The fourth-order valence-electron chi connectivity index (χ4n) is 1.44. The molecule has 0 spiro atoms. The predicted octanol–water partition coefficient (Wildman–Crippen LogP) is 1.72. The molecule has 2 aromatic heterocycles. The van der Waals surface area contributed by atoms with Gasteiger partial charge in [0.05, 0.1) is 12.8 Å². The molecule has 4 N–H and O–H groups in total. The molecular formula is C14H14F3N5O4. The van der Waals surface area contributed by atoms with Crippen LogP contribution in [0.2, 0.25) is 0 Å². The fraction of sp³-hybridized carbons (Fsp3) is 0.214. The lowest BCUT2D eigenvalue weighted by Gasteiger charge is -2.07. The first kappa shape index (κ1) is 16.1. The molecule has 140 valence electrons. The number of nitrogens with two attached hydrogens (primary N) is 1. The van der Waals surface area contributed by atoms with Crippen LogP contribution in [0.3, 0.4) is 0 Å². The van der Waals surface area contributed by atoms with Crippen LogP contribution in [0.25, 0.3) is 11.3 Å². The predicted molar refractivity (Wildman–Crippen MR) is 84.2 cm³/mol. The molecule has 0 aliphatic rings. The Morgan fingerprint density at radius 1 is 1.35 bits per heavy atom. The van der Waals surface area contributed by atoms with Gasteiger partial charge in [0.25, 0.3) is 0 Å². The van der Waals surface area contributed by atoms with E-state index in [0.29, 0.717) is 17.1 Å². The van der Waals surface area contributed by atoms with Crippen molar-refractivity contribution in [1.82, 2.24) is 15.2 Å². The van der Waals surface area contributed by atoms with E-state index in [-0.39, 0.29) is 11.5 Å². The zero-order valence-corrected chi connectivity index (χ0v) is 13.0. The van der Waals surface area contributed by atoms with Crippen molar-refractivity contribution in [1.29, 1.82) is 0 Å². The highest BCUT2D eigenvalue weighted by Gasteiger charge is 2.38. The number of halogens is 3. The highest BCUT2D eigenvalue weighted by molar-refractivity contribution is 5.89. The Hall–Kier alpha value is -3.44. The third kappa shape index (κ3) is 6.22. The Morgan fingerprint density at radius 3 is 2.42 bits per heavy atom. The number of pyridine rings is 1. The largest absolute Gasteiger partial charge is 0.490 e. The lowest BCUT2D eigenvalue weighted by atomic mass is 10.1. The van der Waals surface area contributed by atoms with Gasteiger partial charge in [0.2, 0.25) is 11.8 Å². The number of nitrogen functional groups attached to an aromatic ring is 1. The molecule has 0 aliphatic carbocycles. The van der Waals surface area contributed by atoms with Gasteiger partial charge in [-0.3, -0.25) is 4.79 Å². The summed E-state index contributed by atoms with van der Waals surface area (Å²) in [7, 11) is 1.47. The van der Waals surface area contributed by atoms with Gasteiger partial charge in [-0.15, -0.1) is 10.2 Å². The van der Waals surface area contributed by atoms with Gasteiger partial charge in [0.1, 0.15) is 5.82 Å². The van der Waals surface area contributed by atoms with Crippen LogP contribution < -0.4 is 15.8 Å². The lowest BCUT2D eigenvalue weighted by molar-refractivity contribution is -0.192. The van der Waals surface area contributed by atoms with Crippen LogP contribution in [-0.2, 0) is 9.59 Å². The second-order valence-electron chi connectivity index (χ2n) is 4.37. The minimum absolute atomic E-state index is 0.0452. The van der Waals surface area contributed by atoms with Gasteiger partial charge in [0, 0.05) is 40.5 Å². The van der Waals surface area contributed by atoms with E-state index in [1.807, 2.05) is 0 Å². The van der Waals surface area contributed by atoms with Crippen molar-refractivity contribution < 1.29 is 36.7 Å². The number of carbonyl (C=O) groups is 2. The topological polar surface area (TPSA) is 140 Å². The summed E-state index contributed by atoms with van der Waals surface area (Å²) >= 11 is 0. The van der Waals surface area contributed by atoms with E-state index >= 15 is 0 Å². The summed E-state index contributed by atoms with van der Waals surface area (Å²) in [6.45, 7) is -2.75. The molecule has 0 fully saturated rings. The molecule has 0 bridgehead atoms. The first-order chi connectivity index (χ1) is 13.3. The van der Waals surface area contributed by atoms with Crippen LogP contribution in [0.15, 0.2) is 24.4 Å². The maximum absolute atomic E-state index is 11.4. The van der Waals surface area contributed by atoms with Crippen molar-refractivity contribution in [2.75, 3.05) is 18.2 Å². The third-order valence-electron chi connectivity index (χ3n) is 2.55. The number of anilines is 2. The Morgan fingerprint density at radius 2 is 2.00 bits per heavy atom. The SMILES string of the molecule is O=C(O)C(F)(F)F.[2H]C([2H])([2H])C(=O)Nc1cc(N)c(-c2ccc(OC)nn2)cn1. The van der Waals surface area contributed by atoms with Crippen LogP contribution in [0.5, 0.6) is 5.88 Å². The normalized spacial score (nSPS) is 12.5. The summed E-state index contributed by atoms with van der Waals surface area (Å²) in [5, 5.41) is 17.1. The van der Waals surface area contributed by atoms with E-state index in [4.69, 9.17) is 24.5 Å². The first-order valence-electron chi connectivity index (χ1n) is 8.01. The molecule has 1 amide bonds. The minimum atomic E-state index is -5.08. The quantitative estimate of drug-likeness (QED) is 0.735. The fourth-order valence-corrected chi connectivity index (χ4v) is 1.44. The third-order valence-corrected chi connectivity index (χ3v) is 2.55. The van der Waals surface area contributed by atoms with Gasteiger partial charge < -0.3 is 20.9 Å². The number of aromatic nitrogens is 3. The van der Waals surface area contributed by atoms with E-state index in [0.717, 1.165) is 0 Å². The Bertz CT molecular complexity index is 876. The molecule has 0 saturated carbocycles. The highest BCUT2D eigenvalue weighted by atomic mass is 19.4. The number of carboxylic acids is 1. The number of methoxy groups -OCH3 is 1. The van der Waals surface area contributed by atoms with Crippen LogP contribution in [-0.4, -0.2) is 45.5 Å². The maximum atomic E-state index is 11.4. The molecule has 0 radical (unpaired) electrons. The Labute approximate surface area is 149 Å². The zero-order chi connectivity index (χ0) is 22.4. The second kappa shape index (κ2) is 8.60. The first-order valence-corrected chi connectivity index (χ1v) is 6.51. The standard InChI is InChI=1S/C12H13N5O2.C2HF3O2/c1-7(18)15-11-5-9(13)8(6-14-11)10-3-4-12(19-2)17-16-10;3-2(4,5)1(6)7/h3-6H,1-2H3,(H3,13,14,15,18);(H,6,7)/i1D3;. The summed E-state index contributed by atoms with van der Waals surface area (Å²) in [4.78, 5) is 24.2. The summed E-state index contributed by atoms with van der Waals surface area (Å²) < 4.78 is 57.6. The van der Waals surface area contributed by atoms with Crippen molar-refractivity contribution in [2.45, 2.75) is 13.0 Å². The van der Waals surface area contributed by atoms with E-state index in [2.05, 4.69) is 20.5 Å². The molecule has 26 heavy (non-hydrogen) atoms. The van der Waals surface area contributed by atoms with Gasteiger partial charge in [-0.25, -0.2) is 9.78 Å². The number of carboxylic acid groups (broad SMARTS) is 1. The summed E-state index contributed by atoms with van der Waals surface area (Å²) in [5.41, 5.74) is 7.12. The molecule has 2 rings (SSSR count). The molecule has 2 aromatic rings. The Balaban J connectivity index is 0.000000516. The molecule has 2 heterocycles. The number of nitrogens with one attached hydrogen (secondary N) is 1. The summed E-state index contributed by atoms with van der Waals surface area (Å²) in [6.07, 6.45) is -3.71. The van der Waals surface area contributed by atoms with Crippen LogP contribution in [0.4, 0.5) is 24.7 Å². The van der Waals surface area contributed by atoms with Crippen LogP contribution in [0, 0.1) is 0 Å². The number of carbonyl (C=O) groups excluding carboxylic acids is 1. The van der Waals surface area contributed by atoms with Gasteiger partial charge in [-0.1, -0.05) is 0 Å². The number of rotatable bonds is 3. The van der Waals surface area contributed by atoms with Gasteiger partial charge in [-0.2, -0.15) is 13.2 Å². The second-order valence-corrected chi connectivity index (χ2v) is 4.37. The summed E-state index contributed by atoms with van der Waals surface area (Å²) in [5.74, 6) is -3.48. The molecule has 0 aromatic carbocycles. The maximum Gasteiger partial charge on any atom is 0.490 e. The number of nitrogens with zero attached hydrogens (tertiary/aromatic N) is 3. The van der Waals surface area contributed by atoms with Crippen LogP contribution >= 0.6 is 0 Å².